The predicted molar refractivity (Wildman–Crippen MR) is 83.9 cm³/mol. The number of anilines is 1. The fourth-order valence-electron chi connectivity index (χ4n) is 2.31. The summed E-state index contributed by atoms with van der Waals surface area (Å²) in [6, 6.07) is 5.58. The van der Waals surface area contributed by atoms with E-state index in [0.29, 0.717) is 17.1 Å². The number of benzene rings is 1. The Morgan fingerprint density at radius 1 is 1.52 bits per heavy atom. The molecule has 0 atom stereocenters. The van der Waals surface area contributed by atoms with Crippen molar-refractivity contribution in [1.82, 2.24) is 5.32 Å². The first kappa shape index (κ1) is 14.2. The third-order valence-electron chi connectivity index (χ3n) is 4.06. The predicted octanol–water partition coefficient (Wildman–Crippen LogP) is 1.99. The molecule has 112 valence electrons. The Morgan fingerprint density at radius 2 is 2.29 bits per heavy atom. The first-order chi connectivity index (χ1) is 10.1. The minimum atomic E-state index is -0.174. The van der Waals surface area contributed by atoms with Gasteiger partial charge >= 0.3 is 0 Å². The second-order valence-electron chi connectivity index (χ2n) is 5.55. The van der Waals surface area contributed by atoms with Gasteiger partial charge in [-0.2, -0.15) is 0 Å². The summed E-state index contributed by atoms with van der Waals surface area (Å²) >= 11 is 1.36. The van der Waals surface area contributed by atoms with E-state index in [1.165, 1.54) is 11.3 Å². The molecular weight excluding hydrogens is 288 g/mol. The van der Waals surface area contributed by atoms with Crippen molar-refractivity contribution >= 4 is 33.0 Å². The molecule has 0 unspecified atom stereocenters. The Labute approximate surface area is 126 Å². The van der Waals surface area contributed by atoms with Crippen molar-refractivity contribution in [1.29, 1.82) is 0 Å². The summed E-state index contributed by atoms with van der Waals surface area (Å²) < 4.78 is 6.12. The Balaban J connectivity index is 1.82. The number of ether oxygens (including phenoxy) is 1. The molecule has 1 fully saturated rings. The topological polar surface area (TPSA) is 84.6 Å². The van der Waals surface area contributed by atoms with Crippen molar-refractivity contribution in [2.75, 3.05) is 26.0 Å². The SMILES string of the molecule is COc1ccc2c(N)c(C(=O)NCC3(CO)CC3)sc2c1. The number of methoxy groups -OCH3 is 1. The average molecular weight is 306 g/mol. The van der Waals surface area contributed by atoms with Crippen molar-refractivity contribution in [3.8, 4) is 5.75 Å². The highest BCUT2D eigenvalue weighted by Crippen LogP contribution is 2.44. The molecule has 0 bridgehead atoms. The Hall–Kier alpha value is -1.79. The first-order valence-electron chi connectivity index (χ1n) is 6.84. The van der Waals surface area contributed by atoms with Gasteiger partial charge in [-0.05, 0) is 31.0 Å². The molecule has 1 heterocycles. The maximum atomic E-state index is 12.3. The van der Waals surface area contributed by atoms with E-state index in [-0.39, 0.29) is 17.9 Å². The highest BCUT2D eigenvalue weighted by Gasteiger charge is 2.42. The van der Waals surface area contributed by atoms with Gasteiger partial charge < -0.3 is 20.9 Å². The number of nitrogen functional groups attached to an aromatic ring is 1. The number of hydrogen-bond donors (Lipinski definition) is 3. The second-order valence-corrected chi connectivity index (χ2v) is 6.60. The van der Waals surface area contributed by atoms with Crippen LogP contribution in [0.5, 0.6) is 5.75 Å². The maximum absolute atomic E-state index is 12.3. The monoisotopic (exact) mass is 306 g/mol. The molecule has 1 amide bonds. The van der Waals surface area contributed by atoms with E-state index < -0.39 is 0 Å². The number of rotatable bonds is 5. The van der Waals surface area contributed by atoms with Gasteiger partial charge in [0.05, 0.1) is 19.4 Å². The number of amides is 1. The molecule has 4 N–H and O–H groups in total. The van der Waals surface area contributed by atoms with E-state index in [1.54, 1.807) is 7.11 Å². The lowest BCUT2D eigenvalue weighted by Crippen LogP contribution is -2.31. The zero-order chi connectivity index (χ0) is 15.0. The van der Waals surface area contributed by atoms with Crippen LogP contribution in [0.1, 0.15) is 22.5 Å². The fraction of sp³-hybridized carbons (Fsp3) is 0.400. The average Bonchev–Trinajstić information content (AvgIpc) is 3.23. The molecule has 0 aliphatic heterocycles. The molecule has 1 aliphatic rings. The molecule has 1 aromatic heterocycles. The molecule has 0 saturated heterocycles. The van der Waals surface area contributed by atoms with E-state index in [0.717, 1.165) is 28.7 Å². The largest absolute Gasteiger partial charge is 0.497 e. The van der Waals surface area contributed by atoms with Crippen LogP contribution in [0.2, 0.25) is 0 Å². The summed E-state index contributed by atoms with van der Waals surface area (Å²) in [6.45, 7) is 0.617. The minimum Gasteiger partial charge on any atom is -0.497 e. The van der Waals surface area contributed by atoms with Gasteiger partial charge in [-0.3, -0.25) is 4.79 Å². The molecule has 5 nitrogen and oxygen atoms in total. The molecule has 21 heavy (non-hydrogen) atoms. The molecule has 3 rings (SSSR count). The lowest BCUT2D eigenvalue weighted by Gasteiger charge is -2.12. The van der Waals surface area contributed by atoms with Crippen molar-refractivity contribution in [3.63, 3.8) is 0 Å². The highest BCUT2D eigenvalue weighted by atomic mass is 32.1. The van der Waals surface area contributed by atoms with Crippen molar-refractivity contribution < 1.29 is 14.6 Å². The number of carbonyl (C=O) groups excluding carboxylic acids is 1. The minimum absolute atomic E-state index is 0.107. The van der Waals surface area contributed by atoms with Gasteiger partial charge in [0.15, 0.2) is 0 Å². The summed E-state index contributed by atoms with van der Waals surface area (Å²) in [7, 11) is 1.61. The van der Waals surface area contributed by atoms with Gasteiger partial charge in [-0.25, -0.2) is 0 Å². The Morgan fingerprint density at radius 3 is 2.90 bits per heavy atom. The number of hydrogen-bond acceptors (Lipinski definition) is 5. The van der Waals surface area contributed by atoms with Gasteiger partial charge in [0.25, 0.3) is 5.91 Å². The lowest BCUT2D eigenvalue weighted by atomic mass is 10.1. The van der Waals surface area contributed by atoms with E-state index in [4.69, 9.17) is 10.5 Å². The van der Waals surface area contributed by atoms with Crippen molar-refractivity contribution in [2.45, 2.75) is 12.8 Å². The number of carbonyl (C=O) groups is 1. The summed E-state index contributed by atoms with van der Waals surface area (Å²) in [5.41, 5.74) is 6.48. The van der Waals surface area contributed by atoms with E-state index in [9.17, 15) is 9.90 Å². The molecule has 1 aliphatic carbocycles. The van der Waals surface area contributed by atoms with Gasteiger partial charge in [-0.1, -0.05) is 0 Å². The zero-order valence-corrected chi connectivity index (χ0v) is 12.6. The van der Waals surface area contributed by atoms with Crippen LogP contribution < -0.4 is 15.8 Å². The van der Waals surface area contributed by atoms with Crippen LogP contribution in [0.4, 0.5) is 5.69 Å². The fourth-order valence-corrected chi connectivity index (χ4v) is 3.38. The maximum Gasteiger partial charge on any atom is 0.263 e. The number of nitrogens with one attached hydrogen (secondary N) is 1. The van der Waals surface area contributed by atoms with Crippen LogP contribution in [-0.2, 0) is 0 Å². The first-order valence-corrected chi connectivity index (χ1v) is 7.65. The van der Waals surface area contributed by atoms with Crippen LogP contribution >= 0.6 is 11.3 Å². The normalized spacial score (nSPS) is 15.9. The van der Waals surface area contributed by atoms with Gasteiger partial charge in [0.1, 0.15) is 10.6 Å². The summed E-state index contributed by atoms with van der Waals surface area (Å²) in [5, 5.41) is 13.0. The van der Waals surface area contributed by atoms with Crippen molar-refractivity contribution in [3.05, 3.63) is 23.1 Å². The van der Waals surface area contributed by atoms with Gasteiger partial charge in [0.2, 0.25) is 0 Å². The Bertz CT molecular complexity index is 692. The van der Waals surface area contributed by atoms with E-state index >= 15 is 0 Å². The smallest absolute Gasteiger partial charge is 0.263 e. The molecule has 0 radical (unpaired) electrons. The van der Waals surface area contributed by atoms with Crippen LogP contribution in [0.15, 0.2) is 18.2 Å². The standard InChI is InChI=1S/C15H18N2O3S/c1-20-9-2-3-10-11(6-9)21-13(12(10)16)14(19)17-7-15(8-18)4-5-15/h2-3,6,18H,4-5,7-8,16H2,1H3,(H,17,19). The number of aliphatic hydroxyl groups is 1. The van der Waals surface area contributed by atoms with Crippen molar-refractivity contribution in [2.24, 2.45) is 5.41 Å². The molecule has 2 aromatic rings. The third kappa shape index (κ3) is 2.56. The summed E-state index contributed by atoms with van der Waals surface area (Å²) in [6.07, 6.45) is 1.92. The van der Waals surface area contributed by atoms with Crippen LogP contribution in [-0.4, -0.2) is 31.3 Å². The molecule has 1 saturated carbocycles. The van der Waals surface area contributed by atoms with Gasteiger partial charge in [0, 0.05) is 22.0 Å². The number of nitrogens with two attached hydrogens (primary N) is 1. The number of aliphatic hydroxyl groups excluding tert-OH is 1. The summed E-state index contributed by atoms with van der Waals surface area (Å²) in [4.78, 5) is 12.8. The summed E-state index contributed by atoms with van der Waals surface area (Å²) in [5.74, 6) is 0.570. The van der Waals surface area contributed by atoms with Gasteiger partial charge in [-0.15, -0.1) is 11.3 Å². The highest BCUT2D eigenvalue weighted by molar-refractivity contribution is 7.21. The quantitative estimate of drug-likeness (QED) is 0.789. The number of thiophene rings is 1. The second kappa shape index (κ2) is 5.20. The zero-order valence-electron chi connectivity index (χ0n) is 11.8. The lowest BCUT2D eigenvalue weighted by molar-refractivity contribution is 0.0940. The van der Waals surface area contributed by atoms with Crippen LogP contribution in [0, 0.1) is 5.41 Å². The van der Waals surface area contributed by atoms with Crippen LogP contribution in [0.3, 0.4) is 0 Å². The number of fused-ring (bicyclic) bond motifs is 1. The van der Waals surface area contributed by atoms with E-state index in [1.807, 2.05) is 18.2 Å². The third-order valence-corrected chi connectivity index (χ3v) is 5.23. The molecule has 0 spiro atoms. The van der Waals surface area contributed by atoms with E-state index in [2.05, 4.69) is 5.32 Å². The Kier molecular flexibility index (Phi) is 3.51. The molecular formula is C15H18N2O3S. The van der Waals surface area contributed by atoms with Crippen LogP contribution in [0.25, 0.3) is 10.1 Å². The molecule has 1 aromatic carbocycles. The molecule has 6 heteroatoms.